The summed E-state index contributed by atoms with van der Waals surface area (Å²) in [5.74, 6) is -1.54. The second kappa shape index (κ2) is 6.00. The predicted molar refractivity (Wildman–Crippen MR) is 65.1 cm³/mol. The molecule has 0 aromatic heterocycles. The molecular formula is C12H15FN2O3. The van der Waals surface area contributed by atoms with Crippen LogP contribution in [0.4, 0.5) is 14.9 Å². The summed E-state index contributed by atoms with van der Waals surface area (Å²) in [7, 11) is 1.47. The Morgan fingerprint density at radius 3 is 2.56 bits per heavy atom. The van der Waals surface area contributed by atoms with Gasteiger partial charge in [-0.2, -0.15) is 0 Å². The third kappa shape index (κ3) is 3.44. The van der Waals surface area contributed by atoms with Crippen LogP contribution >= 0.6 is 0 Å². The molecule has 0 saturated heterocycles. The number of carboxylic acid groups (broad SMARTS) is 1. The number of hydrogen-bond donors (Lipinski definition) is 1. The molecular weight excluding hydrogens is 239 g/mol. The molecule has 1 aromatic rings. The lowest BCUT2D eigenvalue weighted by atomic mass is 10.3. The Labute approximate surface area is 104 Å². The third-order valence-corrected chi connectivity index (χ3v) is 2.46. The maximum atomic E-state index is 13.0. The van der Waals surface area contributed by atoms with Gasteiger partial charge in [0.05, 0.1) is 0 Å². The lowest BCUT2D eigenvalue weighted by Crippen LogP contribution is -2.43. The smallest absolute Gasteiger partial charge is 0.324 e. The summed E-state index contributed by atoms with van der Waals surface area (Å²) in [6.45, 7) is 1.57. The Balaban J connectivity index is 2.85. The molecule has 1 rings (SSSR count). The molecule has 98 valence electrons. The number of urea groups is 1. The molecule has 0 atom stereocenters. The summed E-state index contributed by atoms with van der Waals surface area (Å²) in [6.07, 6.45) is 0. The SMILES string of the molecule is CCN(CC(=O)O)C(=O)N(C)c1cccc(F)c1. The molecule has 0 aliphatic rings. The van der Waals surface area contributed by atoms with Crippen LogP contribution in [0.3, 0.4) is 0 Å². The molecule has 0 radical (unpaired) electrons. The molecule has 1 N–H and O–H groups in total. The first kappa shape index (κ1) is 14.0. The Morgan fingerprint density at radius 1 is 1.39 bits per heavy atom. The Kier molecular flexibility index (Phi) is 4.65. The molecule has 0 bridgehead atoms. The van der Waals surface area contributed by atoms with E-state index in [9.17, 15) is 14.0 Å². The van der Waals surface area contributed by atoms with Crippen LogP contribution in [-0.4, -0.2) is 42.1 Å². The number of halogens is 1. The minimum Gasteiger partial charge on any atom is -0.480 e. The van der Waals surface area contributed by atoms with Crippen molar-refractivity contribution in [3.05, 3.63) is 30.1 Å². The van der Waals surface area contributed by atoms with Crippen molar-refractivity contribution in [1.82, 2.24) is 4.90 Å². The van der Waals surface area contributed by atoms with Crippen molar-refractivity contribution in [2.45, 2.75) is 6.92 Å². The maximum Gasteiger partial charge on any atom is 0.324 e. The highest BCUT2D eigenvalue weighted by Gasteiger charge is 2.20. The van der Waals surface area contributed by atoms with Gasteiger partial charge in [-0.15, -0.1) is 0 Å². The first-order valence-corrected chi connectivity index (χ1v) is 5.45. The van der Waals surface area contributed by atoms with Crippen molar-refractivity contribution in [2.75, 3.05) is 25.0 Å². The quantitative estimate of drug-likeness (QED) is 0.891. The number of amides is 2. The Hall–Kier alpha value is -2.11. The second-order valence-corrected chi connectivity index (χ2v) is 3.73. The number of nitrogens with zero attached hydrogens (tertiary/aromatic N) is 2. The van der Waals surface area contributed by atoms with E-state index < -0.39 is 17.8 Å². The van der Waals surface area contributed by atoms with E-state index in [4.69, 9.17) is 5.11 Å². The van der Waals surface area contributed by atoms with Gasteiger partial charge in [0.15, 0.2) is 0 Å². The highest BCUT2D eigenvalue weighted by atomic mass is 19.1. The van der Waals surface area contributed by atoms with Gasteiger partial charge in [-0.25, -0.2) is 9.18 Å². The zero-order chi connectivity index (χ0) is 13.7. The highest BCUT2D eigenvalue weighted by molar-refractivity contribution is 5.93. The summed E-state index contributed by atoms with van der Waals surface area (Å²) in [4.78, 5) is 25.0. The van der Waals surface area contributed by atoms with Gasteiger partial charge in [0.1, 0.15) is 12.4 Å². The number of carboxylic acids is 1. The van der Waals surface area contributed by atoms with Gasteiger partial charge < -0.3 is 10.0 Å². The molecule has 0 aliphatic carbocycles. The molecule has 0 spiro atoms. The number of benzene rings is 1. The largest absolute Gasteiger partial charge is 0.480 e. The fourth-order valence-electron chi connectivity index (χ4n) is 1.49. The van der Waals surface area contributed by atoms with Crippen LogP contribution < -0.4 is 4.90 Å². The standard InChI is InChI=1S/C12H15FN2O3/c1-3-15(8-11(16)17)12(18)14(2)10-6-4-5-9(13)7-10/h4-7H,3,8H2,1-2H3,(H,16,17). The summed E-state index contributed by atoms with van der Waals surface area (Å²) in [6, 6.07) is 5.08. The number of hydrogen-bond acceptors (Lipinski definition) is 2. The second-order valence-electron chi connectivity index (χ2n) is 3.73. The molecule has 1 aromatic carbocycles. The van der Waals surface area contributed by atoms with Crippen LogP contribution in [0.25, 0.3) is 0 Å². The van der Waals surface area contributed by atoms with E-state index in [2.05, 4.69) is 0 Å². The lowest BCUT2D eigenvalue weighted by molar-refractivity contribution is -0.137. The van der Waals surface area contributed by atoms with Crippen molar-refractivity contribution in [2.24, 2.45) is 0 Å². The average molecular weight is 254 g/mol. The van der Waals surface area contributed by atoms with Crippen LogP contribution in [0, 0.1) is 5.82 Å². The van der Waals surface area contributed by atoms with Crippen LogP contribution in [0.2, 0.25) is 0 Å². The van der Waals surface area contributed by atoms with Gasteiger partial charge in [0, 0.05) is 19.3 Å². The minimum absolute atomic E-state index is 0.269. The number of carbonyl (C=O) groups is 2. The number of aliphatic carboxylic acids is 1. The zero-order valence-electron chi connectivity index (χ0n) is 10.3. The predicted octanol–water partition coefficient (Wildman–Crippen LogP) is 1.79. The molecule has 6 heteroatoms. The van der Waals surface area contributed by atoms with Gasteiger partial charge in [-0.3, -0.25) is 9.69 Å². The van der Waals surface area contributed by atoms with Crippen LogP contribution in [0.1, 0.15) is 6.92 Å². The van der Waals surface area contributed by atoms with Crippen molar-refractivity contribution in [3.8, 4) is 0 Å². The summed E-state index contributed by atoms with van der Waals surface area (Å²) in [5.41, 5.74) is 0.379. The van der Waals surface area contributed by atoms with Crippen molar-refractivity contribution in [3.63, 3.8) is 0 Å². The van der Waals surface area contributed by atoms with E-state index in [1.54, 1.807) is 13.0 Å². The first-order chi connectivity index (χ1) is 8.45. The molecule has 0 fully saturated rings. The van der Waals surface area contributed by atoms with E-state index in [-0.39, 0.29) is 13.1 Å². The Morgan fingerprint density at radius 2 is 2.06 bits per heavy atom. The Bertz CT molecular complexity index is 451. The van der Waals surface area contributed by atoms with Gasteiger partial charge >= 0.3 is 12.0 Å². The lowest BCUT2D eigenvalue weighted by Gasteiger charge is -2.25. The van der Waals surface area contributed by atoms with E-state index >= 15 is 0 Å². The average Bonchev–Trinajstić information content (AvgIpc) is 2.34. The fraction of sp³-hybridized carbons (Fsp3) is 0.333. The molecule has 0 saturated carbocycles. The topological polar surface area (TPSA) is 60.9 Å². The van der Waals surface area contributed by atoms with Crippen molar-refractivity contribution < 1.29 is 19.1 Å². The normalized spacial score (nSPS) is 9.94. The molecule has 18 heavy (non-hydrogen) atoms. The van der Waals surface area contributed by atoms with Crippen molar-refractivity contribution >= 4 is 17.7 Å². The number of anilines is 1. The van der Waals surface area contributed by atoms with Gasteiger partial charge in [0.25, 0.3) is 0 Å². The summed E-state index contributed by atoms with van der Waals surface area (Å²) in [5, 5.41) is 8.69. The van der Waals surface area contributed by atoms with E-state index in [0.29, 0.717) is 5.69 Å². The molecule has 2 amide bonds. The third-order valence-electron chi connectivity index (χ3n) is 2.46. The molecule has 0 aliphatic heterocycles. The number of rotatable bonds is 4. The van der Waals surface area contributed by atoms with E-state index in [1.165, 1.54) is 30.1 Å². The fourth-order valence-corrected chi connectivity index (χ4v) is 1.49. The maximum absolute atomic E-state index is 13.0. The first-order valence-electron chi connectivity index (χ1n) is 5.45. The monoisotopic (exact) mass is 254 g/mol. The van der Waals surface area contributed by atoms with Gasteiger partial charge in [-0.05, 0) is 25.1 Å². The summed E-state index contributed by atoms with van der Waals surface area (Å²) >= 11 is 0. The van der Waals surface area contributed by atoms with E-state index in [1.807, 2.05) is 0 Å². The van der Waals surface area contributed by atoms with Gasteiger partial charge in [0.2, 0.25) is 0 Å². The van der Waals surface area contributed by atoms with Crippen molar-refractivity contribution in [1.29, 1.82) is 0 Å². The number of carbonyl (C=O) groups excluding carboxylic acids is 1. The van der Waals surface area contributed by atoms with Crippen LogP contribution in [0.15, 0.2) is 24.3 Å². The van der Waals surface area contributed by atoms with E-state index in [0.717, 1.165) is 4.90 Å². The minimum atomic E-state index is -1.09. The van der Waals surface area contributed by atoms with Gasteiger partial charge in [-0.1, -0.05) is 6.07 Å². The molecule has 0 unspecified atom stereocenters. The molecule has 0 heterocycles. The highest BCUT2D eigenvalue weighted by Crippen LogP contribution is 2.15. The molecule has 5 nitrogen and oxygen atoms in total. The zero-order valence-corrected chi connectivity index (χ0v) is 10.3. The number of likely N-dealkylation sites (N-methyl/N-ethyl adjacent to an activating group) is 1. The summed E-state index contributed by atoms with van der Waals surface area (Å²) < 4.78 is 13.0. The van der Waals surface area contributed by atoms with Crippen LogP contribution in [0.5, 0.6) is 0 Å². The van der Waals surface area contributed by atoms with Crippen LogP contribution in [-0.2, 0) is 4.79 Å².